The van der Waals surface area contributed by atoms with Crippen LogP contribution in [-0.2, 0) is 9.59 Å². The maximum absolute atomic E-state index is 12.4. The predicted molar refractivity (Wildman–Crippen MR) is 79.3 cm³/mol. The highest BCUT2D eigenvalue weighted by atomic mass is 16.4. The molecule has 1 fully saturated rings. The van der Waals surface area contributed by atoms with Crippen LogP contribution in [-0.4, -0.2) is 35.0 Å². The summed E-state index contributed by atoms with van der Waals surface area (Å²) in [5, 5.41) is 9.03. The minimum atomic E-state index is -0.895. The van der Waals surface area contributed by atoms with E-state index >= 15 is 0 Å². The van der Waals surface area contributed by atoms with Gasteiger partial charge in [0.15, 0.2) is 0 Å². The highest BCUT2D eigenvalue weighted by Gasteiger charge is 2.32. The molecule has 1 saturated heterocycles. The normalized spacial score (nSPS) is 23.9. The monoisotopic (exact) mass is 283 g/mol. The molecule has 0 aliphatic carbocycles. The van der Waals surface area contributed by atoms with E-state index in [4.69, 9.17) is 5.11 Å². The van der Waals surface area contributed by atoms with Gasteiger partial charge in [0.2, 0.25) is 5.91 Å². The summed E-state index contributed by atoms with van der Waals surface area (Å²) in [5.74, 6) is -1.34. The number of carboxylic acids is 1. The first kappa shape index (κ1) is 17.0. The van der Waals surface area contributed by atoms with E-state index in [0.717, 1.165) is 32.4 Å². The summed E-state index contributed by atoms with van der Waals surface area (Å²) in [4.78, 5) is 25.3. The first-order chi connectivity index (χ1) is 9.14. The van der Waals surface area contributed by atoms with Gasteiger partial charge in [0.1, 0.15) is 0 Å². The van der Waals surface area contributed by atoms with Gasteiger partial charge in [0.25, 0.3) is 0 Å². The van der Waals surface area contributed by atoms with E-state index in [2.05, 4.69) is 20.8 Å². The average Bonchev–Trinajstić information content (AvgIpc) is 2.61. The number of carboxylic acid groups (broad SMARTS) is 1. The Kier molecular flexibility index (Phi) is 5.60. The fraction of sp³-hybridized carbons (Fsp3) is 0.875. The highest BCUT2D eigenvalue weighted by Crippen LogP contribution is 2.34. The fourth-order valence-corrected chi connectivity index (χ4v) is 2.90. The topological polar surface area (TPSA) is 57.6 Å². The largest absolute Gasteiger partial charge is 0.481 e. The van der Waals surface area contributed by atoms with Gasteiger partial charge in [-0.3, -0.25) is 9.59 Å². The third-order valence-electron chi connectivity index (χ3n) is 4.79. The average molecular weight is 283 g/mol. The number of hydrogen-bond donors (Lipinski definition) is 1. The van der Waals surface area contributed by atoms with Gasteiger partial charge in [-0.15, -0.1) is 0 Å². The molecular weight excluding hydrogens is 254 g/mol. The number of likely N-dealkylation sites (tertiary alicyclic amines) is 1. The maximum Gasteiger partial charge on any atom is 0.307 e. The zero-order valence-corrected chi connectivity index (χ0v) is 13.5. The fourth-order valence-electron chi connectivity index (χ4n) is 2.90. The Labute approximate surface area is 122 Å². The molecule has 3 unspecified atom stereocenters. The quantitative estimate of drug-likeness (QED) is 0.866. The van der Waals surface area contributed by atoms with E-state index < -0.39 is 17.8 Å². The van der Waals surface area contributed by atoms with Gasteiger partial charge in [-0.2, -0.15) is 0 Å². The van der Waals surface area contributed by atoms with Gasteiger partial charge in [0.05, 0.1) is 5.92 Å². The van der Waals surface area contributed by atoms with E-state index in [-0.39, 0.29) is 11.3 Å². The number of nitrogens with zero attached hydrogens (tertiary/aromatic N) is 1. The van der Waals surface area contributed by atoms with Crippen molar-refractivity contribution in [2.24, 2.45) is 23.2 Å². The third kappa shape index (κ3) is 4.22. The molecule has 1 rings (SSSR count). The molecule has 3 atom stereocenters. The molecule has 1 amide bonds. The number of rotatable bonds is 3. The van der Waals surface area contributed by atoms with Gasteiger partial charge < -0.3 is 10.0 Å². The third-order valence-corrected chi connectivity index (χ3v) is 4.79. The molecule has 1 aliphatic heterocycles. The summed E-state index contributed by atoms with van der Waals surface area (Å²) in [6.45, 7) is 11.6. The van der Waals surface area contributed by atoms with Crippen molar-refractivity contribution in [3.8, 4) is 0 Å². The minimum Gasteiger partial charge on any atom is -0.481 e. The summed E-state index contributed by atoms with van der Waals surface area (Å²) in [6, 6.07) is 0. The Hall–Kier alpha value is -1.06. The lowest BCUT2D eigenvalue weighted by Gasteiger charge is -2.30. The summed E-state index contributed by atoms with van der Waals surface area (Å²) in [6.07, 6.45) is 3.18. The highest BCUT2D eigenvalue weighted by molar-refractivity contribution is 5.84. The van der Waals surface area contributed by atoms with Crippen molar-refractivity contribution < 1.29 is 14.7 Å². The Balaban J connectivity index is 2.65. The molecule has 0 aromatic heterocycles. The van der Waals surface area contributed by atoms with Crippen molar-refractivity contribution in [2.75, 3.05) is 13.1 Å². The lowest BCUT2D eigenvalue weighted by molar-refractivity contribution is -0.149. The summed E-state index contributed by atoms with van der Waals surface area (Å²) >= 11 is 0. The van der Waals surface area contributed by atoms with Crippen LogP contribution in [0.4, 0.5) is 0 Å². The standard InChI is InChI=1S/C16H29NO3/c1-11(12(2)15(19)20)14(18)17-9-6-7-13(8-10-17)16(3,4)5/h11-13H,6-10H2,1-5H3,(H,19,20). The second kappa shape index (κ2) is 6.59. The molecule has 20 heavy (non-hydrogen) atoms. The molecule has 0 saturated carbocycles. The SMILES string of the molecule is CC(C(=O)O)C(C)C(=O)N1CCCC(C(C)(C)C)CC1. The van der Waals surface area contributed by atoms with Crippen molar-refractivity contribution in [1.82, 2.24) is 4.90 Å². The molecule has 4 heteroatoms. The molecule has 0 bridgehead atoms. The number of hydrogen-bond acceptors (Lipinski definition) is 2. The Morgan fingerprint density at radius 1 is 1.10 bits per heavy atom. The van der Waals surface area contributed by atoms with Crippen LogP contribution in [0.1, 0.15) is 53.9 Å². The number of carbonyl (C=O) groups excluding carboxylic acids is 1. The second-order valence-corrected chi connectivity index (χ2v) is 7.23. The van der Waals surface area contributed by atoms with Crippen LogP contribution in [0.5, 0.6) is 0 Å². The molecule has 0 spiro atoms. The van der Waals surface area contributed by atoms with Crippen molar-refractivity contribution in [3.63, 3.8) is 0 Å². The van der Waals surface area contributed by atoms with Crippen LogP contribution < -0.4 is 0 Å². The van der Waals surface area contributed by atoms with Gasteiger partial charge in [-0.25, -0.2) is 0 Å². The van der Waals surface area contributed by atoms with Gasteiger partial charge >= 0.3 is 5.97 Å². The Morgan fingerprint density at radius 3 is 2.20 bits per heavy atom. The number of aliphatic carboxylic acids is 1. The molecule has 1 aliphatic rings. The first-order valence-electron chi connectivity index (χ1n) is 7.66. The van der Waals surface area contributed by atoms with Crippen LogP contribution in [0.2, 0.25) is 0 Å². The van der Waals surface area contributed by atoms with Crippen LogP contribution in [0.25, 0.3) is 0 Å². The second-order valence-electron chi connectivity index (χ2n) is 7.23. The Bertz CT molecular complexity index is 359. The maximum atomic E-state index is 12.4. The van der Waals surface area contributed by atoms with E-state index in [9.17, 15) is 9.59 Å². The van der Waals surface area contributed by atoms with Crippen molar-refractivity contribution in [1.29, 1.82) is 0 Å². The summed E-state index contributed by atoms with van der Waals surface area (Å²) in [7, 11) is 0. The molecular formula is C16H29NO3. The molecule has 4 nitrogen and oxygen atoms in total. The molecule has 0 aromatic carbocycles. The molecule has 1 N–H and O–H groups in total. The van der Waals surface area contributed by atoms with Gasteiger partial charge in [-0.1, -0.05) is 34.6 Å². The zero-order valence-electron chi connectivity index (χ0n) is 13.5. The Morgan fingerprint density at radius 2 is 1.70 bits per heavy atom. The van der Waals surface area contributed by atoms with Gasteiger partial charge in [-0.05, 0) is 30.6 Å². The van der Waals surface area contributed by atoms with Crippen molar-refractivity contribution >= 4 is 11.9 Å². The predicted octanol–water partition coefficient (Wildman–Crippen LogP) is 3.02. The lowest BCUT2D eigenvalue weighted by atomic mass is 9.77. The van der Waals surface area contributed by atoms with E-state index in [1.54, 1.807) is 13.8 Å². The molecule has 1 heterocycles. The van der Waals surface area contributed by atoms with Crippen molar-refractivity contribution in [3.05, 3.63) is 0 Å². The molecule has 0 aromatic rings. The number of amides is 1. The van der Waals surface area contributed by atoms with Gasteiger partial charge in [0, 0.05) is 19.0 Å². The molecule has 0 radical (unpaired) electrons. The summed E-state index contributed by atoms with van der Waals surface area (Å²) < 4.78 is 0. The summed E-state index contributed by atoms with van der Waals surface area (Å²) in [5.41, 5.74) is 0.277. The van der Waals surface area contributed by atoms with Crippen LogP contribution in [0.15, 0.2) is 0 Å². The van der Waals surface area contributed by atoms with Crippen LogP contribution >= 0.6 is 0 Å². The first-order valence-corrected chi connectivity index (χ1v) is 7.66. The number of carbonyl (C=O) groups is 2. The molecule has 116 valence electrons. The minimum absolute atomic E-state index is 0.00513. The van der Waals surface area contributed by atoms with E-state index in [1.165, 1.54) is 0 Å². The van der Waals surface area contributed by atoms with E-state index in [1.807, 2.05) is 4.90 Å². The van der Waals surface area contributed by atoms with E-state index in [0.29, 0.717) is 5.92 Å². The van der Waals surface area contributed by atoms with Crippen molar-refractivity contribution in [2.45, 2.75) is 53.9 Å². The smallest absolute Gasteiger partial charge is 0.307 e. The van der Waals surface area contributed by atoms with Crippen LogP contribution in [0, 0.1) is 23.2 Å². The lowest BCUT2D eigenvalue weighted by Crippen LogP contribution is -2.40. The zero-order chi connectivity index (χ0) is 15.5. The van der Waals surface area contributed by atoms with Crippen LogP contribution in [0.3, 0.4) is 0 Å².